The summed E-state index contributed by atoms with van der Waals surface area (Å²) in [6.45, 7) is 2.24. The lowest BCUT2D eigenvalue weighted by molar-refractivity contribution is -0.141. The van der Waals surface area contributed by atoms with E-state index in [4.69, 9.17) is 10.8 Å². The average Bonchev–Trinajstić information content (AvgIpc) is 2.50. The van der Waals surface area contributed by atoms with Crippen molar-refractivity contribution in [1.82, 2.24) is 0 Å². The molecule has 4 heteroatoms. The summed E-state index contributed by atoms with van der Waals surface area (Å²) in [6.07, 6.45) is 18.6. The number of rotatable bonds is 16. The second-order valence-corrected chi connectivity index (χ2v) is 6.37. The van der Waals surface area contributed by atoms with Crippen molar-refractivity contribution >= 4 is 11.9 Å². The summed E-state index contributed by atoms with van der Waals surface area (Å²) >= 11 is 0. The third kappa shape index (κ3) is 15.4. The number of carbonyl (C=O) groups excluding carboxylic acids is 1. The van der Waals surface area contributed by atoms with E-state index in [-0.39, 0.29) is 6.42 Å². The Morgan fingerprint density at radius 2 is 1.39 bits per heavy atom. The number of primary amides is 1. The maximum absolute atomic E-state index is 10.9. The SMILES string of the molecule is CCCCCCCCCCCCC/C=C/C(CC(N)=O)C(=O)O. The van der Waals surface area contributed by atoms with E-state index >= 15 is 0 Å². The molecule has 1 atom stereocenters. The first kappa shape index (κ1) is 21.7. The van der Waals surface area contributed by atoms with Crippen LogP contribution in [0.1, 0.15) is 90.4 Å². The minimum atomic E-state index is -0.987. The van der Waals surface area contributed by atoms with Crippen molar-refractivity contribution in [2.45, 2.75) is 90.4 Å². The highest BCUT2D eigenvalue weighted by Crippen LogP contribution is 2.12. The van der Waals surface area contributed by atoms with E-state index in [0.29, 0.717) is 0 Å². The van der Waals surface area contributed by atoms with Gasteiger partial charge in [-0.1, -0.05) is 83.3 Å². The molecule has 3 N–H and O–H groups in total. The van der Waals surface area contributed by atoms with Crippen LogP contribution in [0.25, 0.3) is 0 Å². The lowest BCUT2D eigenvalue weighted by Gasteiger charge is -2.04. The Morgan fingerprint density at radius 3 is 1.83 bits per heavy atom. The predicted molar refractivity (Wildman–Crippen MR) is 95.2 cm³/mol. The lowest BCUT2D eigenvalue weighted by Crippen LogP contribution is -2.20. The normalized spacial score (nSPS) is 12.6. The Kier molecular flexibility index (Phi) is 14.7. The van der Waals surface area contributed by atoms with Crippen molar-refractivity contribution in [2.75, 3.05) is 0 Å². The van der Waals surface area contributed by atoms with Crippen LogP contribution in [-0.2, 0) is 9.59 Å². The molecule has 0 saturated heterocycles. The molecule has 0 aromatic heterocycles. The molecule has 0 aliphatic rings. The maximum Gasteiger partial charge on any atom is 0.310 e. The van der Waals surface area contributed by atoms with Gasteiger partial charge in [0, 0.05) is 6.42 Å². The van der Waals surface area contributed by atoms with Gasteiger partial charge in [-0.25, -0.2) is 0 Å². The van der Waals surface area contributed by atoms with Crippen molar-refractivity contribution in [3.05, 3.63) is 12.2 Å². The molecule has 0 aliphatic carbocycles. The number of hydrogen-bond donors (Lipinski definition) is 2. The summed E-state index contributed by atoms with van der Waals surface area (Å²) in [5, 5.41) is 8.95. The summed E-state index contributed by atoms with van der Waals surface area (Å²) in [5.41, 5.74) is 5.04. The monoisotopic (exact) mass is 325 g/mol. The van der Waals surface area contributed by atoms with Gasteiger partial charge in [0.25, 0.3) is 0 Å². The average molecular weight is 325 g/mol. The lowest BCUT2D eigenvalue weighted by atomic mass is 10.0. The van der Waals surface area contributed by atoms with Gasteiger partial charge in [0.2, 0.25) is 5.91 Å². The van der Waals surface area contributed by atoms with Gasteiger partial charge in [-0.05, 0) is 12.8 Å². The van der Waals surface area contributed by atoms with Crippen molar-refractivity contribution < 1.29 is 14.7 Å². The molecular weight excluding hydrogens is 290 g/mol. The second kappa shape index (κ2) is 15.6. The Bertz CT molecular complexity index is 340. The van der Waals surface area contributed by atoms with Crippen LogP contribution < -0.4 is 5.73 Å². The van der Waals surface area contributed by atoms with E-state index in [2.05, 4.69) is 6.92 Å². The molecule has 1 unspecified atom stereocenters. The second-order valence-electron chi connectivity index (χ2n) is 6.37. The van der Waals surface area contributed by atoms with Crippen LogP contribution in [0.15, 0.2) is 12.2 Å². The number of allylic oxidation sites excluding steroid dienone is 1. The molecule has 0 radical (unpaired) electrons. The third-order valence-electron chi connectivity index (χ3n) is 4.08. The molecule has 0 fully saturated rings. The van der Waals surface area contributed by atoms with Crippen molar-refractivity contribution in [3.8, 4) is 0 Å². The van der Waals surface area contributed by atoms with Gasteiger partial charge in [-0.15, -0.1) is 0 Å². The molecule has 0 spiro atoms. The van der Waals surface area contributed by atoms with E-state index < -0.39 is 17.8 Å². The Labute approximate surface area is 141 Å². The van der Waals surface area contributed by atoms with Crippen molar-refractivity contribution in [1.29, 1.82) is 0 Å². The van der Waals surface area contributed by atoms with Crippen LogP contribution in [-0.4, -0.2) is 17.0 Å². The van der Waals surface area contributed by atoms with E-state index in [0.717, 1.165) is 12.8 Å². The molecule has 134 valence electrons. The van der Waals surface area contributed by atoms with Crippen molar-refractivity contribution in [2.24, 2.45) is 11.7 Å². The molecule has 0 saturated carbocycles. The minimum absolute atomic E-state index is 0.121. The molecule has 1 amide bonds. The van der Waals surface area contributed by atoms with Crippen LogP contribution in [0.3, 0.4) is 0 Å². The number of unbranched alkanes of at least 4 members (excludes halogenated alkanes) is 11. The molecule has 0 aliphatic heterocycles. The summed E-state index contributed by atoms with van der Waals surface area (Å²) < 4.78 is 0. The molecule has 0 heterocycles. The summed E-state index contributed by atoms with van der Waals surface area (Å²) in [7, 11) is 0. The summed E-state index contributed by atoms with van der Waals surface area (Å²) in [6, 6.07) is 0. The van der Waals surface area contributed by atoms with Gasteiger partial charge in [0.15, 0.2) is 0 Å². The fraction of sp³-hybridized carbons (Fsp3) is 0.789. The molecule has 0 bridgehead atoms. The number of carbonyl (C=O) groups is 2. The highest BCUT2D eigenvalue weighted by Gasteiger charge is 2.15. The topological polar surface area (TPSA) is 80.4 Å². The highest BCUT2D eigenvalue weighted by molar-refractivity contribution is 5.82. The van der Waals surface area contributed by atoms with Gasteiger partial charge in [-0.2, -0.15) is 0 Å². The standard InChI is InChI=1S/C19H35NO3/c1-2-3-4-5-6-7-8-9-10-11-12-13-14-15-17(19(22)23)16-18(20)21/h14-15,17H,2-13,16H2,1H3,(H2,20,21)(H,22,23)/b15-14+. The van der Waals surface area contributed by atoms with Crippen LogP contribution in [0, 0.1) is 5.92 Å². The number of amides is 1. The Hall–Kier alpha value is -1.32. The van der Waals surface area contributed by atoms with E-state index in [9.17, 15) is 9.59 Å². The molecule has 0 rings (SSSR count). The Balaban J connectivity index is 3.45. The number of carboxylic acids is 1. The van der Waals surface area contributed by atoms with Crippen molar-refractivity contribution in [3.63, 3.8) is 0 Å². The van der Waals surface area contributed by atoms with Gasteiger partial charge in [0.1, 0.15) is 0 Å². The molecule has 0 aromatic rings. The molecule has 23 heavy (non-hydrogen) atoms. The van der Waals surface area contributed by atoms with Crippen LogP contribution in [0.5, 0.6) is 0 Å². The number of carboxylic acid groups (broad SMARTS) is 1. The van der Waals surface area contributed by atoms with E-state index in [1.54, 1.807) is 6.08 Å². The van der Waals surface area contributed by atoms with Crippen LogP contribution >= 0.6 is 0 Å². The first-order chi connectivity index (χ1) is 11.1. The first-order valence-electron chi connectivity index (χ1n) is 9.25. The van der Waals surface area contributed by atoms with Gasteiger partial charge < -0.3 is 10.8 Å². The quantitative estimate of drug-likeness (QED) is 0.315. The van der Waals surface area contributed by atoms with Gasteiger partial charge in [0.05, 0.1) is 5.92 Å². The predicted octanol–water partition coefficient (Wildman–Crippen LogP) is 4.82. The highest BCUT2D eigenvalue weighted by atomic mass is 16.4. The number of nitrogens with two attached hydrogens (primary N) is 1. The molecular formula is C19H35NO3. The zero-order valence-corrected chi connectivity index (χ0v) is 14.8. The maximum atomic E-state index is 10.9. The zero-order chi connectivity index (χ0) is 17.3. The first-order valence-corrected chi connectivity index (χ1v) is 9.25. The number of hydrogen-bond acceptors (Lipinski definition) is 2. The van der Waals surface area contributed by atoms with E-state index in [1.807, 2.05) is 6.08 Å². The van der Waals surface area contributed by atoms with Gasteiger partial charge in [-0.3, -0.25) is 9.59 Å². The third-order valence-corrected chi connectivity index (χ3v) is 4.08. The Morgan fingerprint density at radius 1 is 0.913 bits per heavy atom. The molecule has 4 nitrogen and oxygen atoms in total. The fourth-order valence-corrected chi connectivity index (χ4v) is 2.64. The summed E-state index contributed by atoms with van der Waals surface area (Å²) in [5.74, 6) is -2.34. The van der Waals surface area contributed by atoms with E-state index in [1.165, 1.54) is 64.2 Å². The van der Waals surface area contributed by atoms with Gasteiger partial charge >= 0.3 is 5.97 Å². The summed E-state index contributed by atoms with van der Waals surface area (Å²) in [4.78, 5) is 21.7. The number of aliphatic carboxylic acids is 1. The van der Waals surface area contributed by atoms with Crippen LogP contribution in [0.2, 0.25) is 0 Å². The smallest absolute Gasteiger partial charge is 0.310 e. The molecule has 0 aromatic carbocycles. The minimum Gasteiger partial charge on any atom is -0.481 e. The van der Waals surface area contributed by atoms with Crippen LogP contribution in [0.4, 0.5) is 0 Å². The largest absolute Gasteiger partial charge is 0.481 e. The fourth-order valence-electron chi connectivity index (χ4n) is 2.64. The zero-order valence-electron chi connectivity index (χ0n) is 14.8.